The Morgan fingerprint density at radius 2 is 1.87 bits per heavy atom. The van der Waals surface area contributed by atoms with Crippen molar-refractivity contribution in [3.05, 3.63) is 18.5 Å². The molecular formula is C21H38IN7O2. The van der Waals surface area contributed by atoms with Gasteiger partial charge in [0, 0.05) is 71.2 Å². The van der Waals surface area contributed by atoms with Gasteiger partial charge in [0.2, 0.25) is 11.9 Å². The largest absolute Gasteiger partial charge is 0.396 e. The van der Waals surface area contributed by atoms with E-state index >= 15 is 0 Å². The maximum absolute atomic E-state index is 12.6. The first-order valence-electron chi connectivity index (χ1n) is 11.1. The number of aliphatic imine (C=N–C) groups is 1. The molecular weight excluding hydrogens is 509 g/mol. The van der Waals surface area contributed by atoms with Crippen LogP contribution < -0.4 is 15.5 Å². The van der Waals surface area contributed by atoms with Crippen LogP contribution in [0.4, 0.5) is 5.95 Å². The summed E-state index contributed by atoms with van der Waals surface area (Å²) in [5.41, 5.74) is 0. The molecule has 2 rings (SSSR count). The summed E-state index contributed by atoms with van der Waals surface area (Å²) in [5, 5.41) is 15.7. The smallest absolute Gasteiger partial charge is 0.225 e. The summed E-state index contributed by atoms with van der Waals surface area (Å²) in [6.45, 7) is 9.23. The van der Waals surface area contributed by atoms with Gasteiger partial charge in [-0.05, 0) is 31.7 Å². The van der Waals surface area contributed by atoms with Crippen LogP contribution in [0.2, 0.25) is 0 Å². The molecule has 3 N–H and O–H groups in total. The van der Waals surface area contributed by atoms with Crippen LogP contribution in [0.15, 0.2) is 23.5 Å². The zero-order chi connectivity index (χ0) is 21.6. The van der Waals surface area contributed by atoms with Crippen molar-refractivity contribution in [2.75, 3.05) is 57.3 Å². The molecule has 0 bridgehead atoms. The Bertz CT molecular complexity index is 634. The lowest BCUT2D eigenvalue weighted by atomic mass is 10.0. The number of rotatable bonds is 11. The van der Waals surface area contributed by atoms with Gasteiger partial charge < -0.3 is 25.5 Å². The molecule has 1 aliphatic heterocycles. The monoisotopic (exact) mass is 547 g/mol. The number of halogens is 1. The van der Waals surface area contributed by atoms with Crippen LogP contribution in [0.5, 0.6) is 0 Å². The topological polar surface area (TPSA) is 106 Å². The second-order valence-electron chi connectivity index (χ2n) is 7.48. The normalized spacial score (nSPS) is 15.3. The lowest BCUT2D eigenvalue weighted by molar-refractivity contribution is -0.131. The van der Waals surface area contributed by atoms with E-state index in [0.29, 0.717) is 38.5 Å². The summed E-state index contributed by atoms with van der Waals surface area (Å²) in [5.74, 6) is 1.99. The van der Waals surface area contributed by atoms with Gasteiger partial charge in [0.15, 0.2) is 5.96 Å². The molecule has 1 aliphatic rings. The molecule has 0 aromatic carbocycles. The Kier molecular flexibility index (Phi) is 14.1. The molecule has 0 saturated carbocycles. The molecule has 0 spiro atoms. The summed E-state index contributed by atoms with van der Waals surface area (Å²) in [6, 6.07) is 1.80. The summed E-state index contributed by atoms with van der Waals surface area (Å²) in [4.78, 5) is 29.8. The first-order chi connectivity index (χ1) is 14.7. The van der Waals surface area contributed by atoms with E-state index in [1.54, 1.807) is 18.5 Å². The molecule has 2 heterocycles. The van der Waals surface area contributed by atoms with Crippen LogP contribution in [0.1, 0.15) is 39.5 Å². The second-order valence-corrected chi connectivity index (χ2v) is 7.48. The predicted octanol–water partition coefficient (Wildman–Crippen LogP) is 1.49. The van der Waals surface area contributed by atoms with Crippen LogP contribution in [0.3, 0.4) is 0 Å². The fourth-order valence-electron chi connectivity index (χ4n) is 3.54. The number of anilines is 1. The van der Waals surface area contributed by atoms with Gasteiger partial charge in [-0.15, -0.1) is 24.0 Å². The van der Waals surface area contributed by atoms with Crippen molar-refractivity contribution >= 4 is 41.8 Å². The third kappa shape index (κ3) is 9.98. The number of hydrogen-bond donors (Lipinski definition) is 3. The van der Waals surface area contributed by atoms with Crippen molar-refractivity contribution in [1.29, 1.82) is 0 Å². The van der Waals surface area contributed by atoms with Crippen molar-refractivity contribution in [3.8, 4) is 0 Å². The highest BCUT2D eigenvalue weighted by Gasteiger charge is 2.22. The second kappa shape index (κ2) is 16.0. The highest BCUT2D eigenvalue weighted by molar-refractivity contribution is 14.0. The molecule has 0 aliphatic carbocycles. The van der Waals surface area contributed by atoms with Crippen LogP contribution in [0, 0.1) is 5.92 Å². The predicted molar refractivity (Wildman–Crippen MR) is 135 cm³/mol. The van der Waals surface area contributed by atoms with E-state index < -0.39 is 0 Å². The highest BCUT2D eigenvalue weighted by Crippen LogP contribution is 2.11. The lowest BCUT2D eigenvalue weighted by Gasteiger charge is -2.34. The number of aliphatic hydroxyl groups excluding tert-OH is 1. The standard InChI is InChI=1S/C21H37N7O2.HI/c1-3-6-18(8-16-29)17-26-20(22-4-2)23-11-7-19(30)27-12-14-28(15-13-27)21-24-9-5-10-25-21;/h5,9-10,18,29H,3-4,6-8,11-17H2,1-2H3,(H2,22,23,26);1H. The van der Waals surface area contributed by atoms with Crippen molar-refractivity contribution in [1.82, 2.24) is 25.5 Å². The molecule has 176 valence electrons. The van der Waals surface area contributed by atoms with E-state index in [9.17, 15) is 9.90 Å². The third-order valence-electron chi connectivity index (χ3n) is 5.18. The van der Waals surface area contributed by atoms with Gasteiger partial charge in [0.25, 0.3) is 0 Å². The number of nitrogens with zero attached hydrogens (tertiary/aromatic N) is 5. The molecule has 1 saturated heterocycles. The molecule has 1 atom stereocenters. The van der Waals surface area contributed by atoms with Crippen LogP contribution in [-0.2, 0) is 4.79 Å². The summed E-state index contributed by atoms with van der Waals surface area (Å²) >= 11 is 0. The average Bonchev–Trinajstić information content (AvgIpc) is 2.78. The van der Waals surface area contributed by atoms with E-state index in [1.807, 2.05) is 11.8 Å². The fourth-order valence-corrected chi connectivity index (χ4v) is 3.54. The molecule has 1 fully saturated rings. The first-order valence-corrected chi connectivity index (χ1v) is 11.1. The van der Waals surface area contributed by atoms with Crippen molar-refractivity contribution in [3.63, 3.8) is 0 Å². The maximum Gasteiger partial charge on any atom is 0.225 e. The van der Waals surface area contributed by atoms with Crippen molar-refractivity contribution in [2.24, 2.45) is 10.9 Å². The van der Waals surface area contributed by atoms with Gasteiger partial charge in [-0.25, -0.2) is 9.97 Å². The van der Waals surface area contributed by atoms with E-state index in [-0.39, 0.29) is 36.5 Å². The quantitative estimate of drug-likeness (QED) is 0.219. The van der Waals surface area contributed by atoms with Crippen molar-refractivity contribution in [2.45, 2.75) is 39.5 Å². The number of aliphatic hydroxyl groups is 1. The number of amides is 1. The highest BCUT2D eigenvalue weighted by atomic mass is 127. The summed E-state index contributed by atoms with van der Waals surface area (Å²) in [7, 11) is 0. The molecule has 9 nitrogen and oxygen atoms in total. The zero-order valence-corrected chi connectivity index (χ0v) is 21.1. The Morgan fingerprint density at radius 3 is 2.48 bits per heavy atom. The first kappa shape index (κ1) is 27.3. The van der Waals surface area contributed by atoms with Gasteiger partial charge in [-0.2, -0.15) is 0 Å². The van der Waals surface area contributed by atoms with Gasteiger partial charge in [0.05, 0.1) is 0 Å². The Morgan fingerprint density at radius 1 is 1.16 bits per heavy atom. The number of guanidine groups is 1. The van der Waals surface area contributed by atoms with Crippen LogP contribution >= 0.6 is 24.0 Å². The fraction of sp³-hybridized carbons (Fsp3) is 0.714. The zero-order valence-electron chi connectivity index (χ0n) is 18.8. The number of carbonyl (C=O) groups is 1. The number of piperazine rings is 1. The molecule has 1 amide bonds. The Balaban J connectivity index is 0.00000480. The lowest BCUT2D eigenvalue weighted by Crippen LogP contribution is -2.50. The molecule has 0 radical (unpaired) electrons. The Hall–Kier alpha value is -1.69. The number of hydrogen-bond acceptors (Lipinski definition) is 6. The van der Waals surface area contributed by atoms with Crippen LogP contribution in [-0.4, -0.2) is 84.3 Å². The summed E-state index contributed by atoms with van der Waals surface area (Å²) < 4.78 is 0. The molecule has 1 aromatic rings. The number of nitrogens with one attached hydrogen (secondary N) is 2. The molecule has 31 heavy (non-hydrogen) atoms. The van der Waals surface area contributed by atoms with E-state index in [1.165, 1.54) is 0 Å². The van der Waals surface area contributed by atoms with Crippen molar-refractivity contribution < 1.29 is 9.90 Å². The minimum atomic E-state index is 0. The SMILES string of the molecule is CCCC(CCO)CN=C(NCC)NCCC(=O)N1CCN(c2ncccn2)CC1.I. The van der Waals surface area contributed by atoms with Crippen LogP contribution in [0.25, 0.3) is 0 Å². The van der Waals surface area contributed by atoms with E-state index in [4.69, 9.17) is 0 Å². The number of carbonyl (C=O) groups excluding carboxylic acids is 1. The van der Waals surface area contributed by atoms with Gasteiger partial charge in [-0.3, -0.25) is 9.79 Å². The minimum Gasteiger partial charge on any atom is -0.396 e. The maximum atomic E-state index is 12.6. The summed E-state index contributed by atoms with van der Waals surface area (Å²) in [6.07, 6.45) is 6.83. The van der Waals surface area contributed by atoms with Gasteiger partial charge >= 0.3 is 0 Å². The molecule has 10 heteroatoms. The average molecular weight is 547 g/mol. The van der Waals surface area contributed by atoms with E-state index in [2.05, 4.69) is 37.4 Å². The van der Waals surface area contributed by atoms with Gasteiger partial charge in [-0.1, -0.05) is 13.3 Å². The number of aromatic nitrogens is 2. The van der Waals surface area contributed by atoms with Gasteiger partial charge in [0.1, 0.15) is 0 Å². The Labute approximate surface area is 203 Å². The minimum absolute atomic E-state index is 0. The molecule has 1 unspecified atom stereocenters. The van der Waals surface area contributed by atoms with E-state index in [0.717, 1.165) is 50.8 Å². The molecule has 1 aromatic heterocycles. The third-order valence-corrected chi connectivity index (χ3v) is 5.18.